The third-order valence-corrected chi connectivity index (χ3v) is 5.37. The molecule has 0 heterocycles. The maximum absolute atomic E-state index is 6.59. The summed E-state index contributed by atoms with van der Waals surface area (Å²) >= 11 is 0. The van der Waals surface area contributed by atoms with Crippen LogP contribution in [0.4, 0.5) is 0 Å². The minimum atomic E-state index is 0.238. The van der Waals surface area contributed by atoms with Gasteiger partial charge in [0.15, 0.2) is 0 Å². The minimum Gasteiger partial charge on any atom is -0.324 e. The molecule has 1 aromatic rings. The Morgan fingerprint density at radius 3 is 2.50 bits per heavy atom. The zero-order chi connectivity index (χ0) is 14.5. The first-order chi connectivity index (χ1) is 9.63. The first kappa shape index (κ1) is 15.6. The van der Waals surface area contributed by atoms with Crippen LogP contribution in [0, 0.1) is 25.7 Å². The molecule has 0 radical (unpaired) electrons. The highest BCUT2D eigenvalue weighted by molar-refractivity contribution is 5.35. The second-order valence-electron chi connectivity index (χ2n) is 6.74. The van der Waals surface area contributed by atoms with E-state index in [1.54, 1.807) is 0 Å². The van der Waals surface area contributed by atoms with Crippen LogP contribution >= 0.6 is 0 Å². The quantitative estimate of drug-likeness (QED) is 0.774. The maximum atomic E-state index is 6.59. The number of aryl methyl sites for hydroxylation is 1. The molecule has 2 rings (SSSR count). The van der Waals surface area contributed by atoms with Gasteiger partial charge in [0, 0.05) is 6.04 Å². The van der Waals surface area contributed by atoms with Crippen LogP contribution in [0.3, 0.4) is 0 Å². The lowest BCUT2D eigenvalue weighted by Crippen LogP contribution is -2.26. The van der Waals surface area contributed by atoms with Crippen molar-refractivity contribution >= 4 is 0 Å². The normalized spacial score (nSPS) is 24.6. The second kappa shape index (κ2) is 7.26. The van der Waals surface area contributed by atoms with Gasteiger partial charge in [0.25, 0.3) is 0 Å². The van der Waals surface area contributed by atoms with Gasteiger partial charge in [-0.15, -0.1) is 0 Å². The Kier molecular flexibility index (Phi) is 5.65. The molecule has 0 spiro atoms. The average molecular weight is 273 g/mol. The number of hydrogen-bond acceptors (Lipinski definition) is 1. The van der Waals surface area contributed by atoms with E-state index in [2.05, 4.69) is 39.0 Å². The molecule has 0 saturated heterocycles. The van der Waals surface area contributed by atoms with E-state index in [0.29, 0.717) is 5.92 Å². The van der Waals surface area contributed by atoms with Crippen LogP contribution in [-0.2, 0) is 0 Å². The maximum Gasteiger partial charge on any atom is 0.0326 e. The number of benzene rings is 1. The van der Waals surface area contributed by atoms with Crippen molar-refractivity contribution in [1.82, 2.24) is 0 Å². The SMILES string of the molecule is CCCCC1CCC(C(N)c2cccc(C)c2C)CC1. The molecule has 1 nitrogen and oxygen atoms in total. The second-order valence-corrected chi connectivity index (χ2v) is 6.74. The predicted molar refractivity (Wildman–Crippen MR) is 87.8 cm³/mol. The minimum absolute atomic E-state index is 0.238. The molecule has 2 N–H and O–H groups in total. The van der Waals surface area contributed by atoms with Gasteiger partial charge >= 0.3 is 0 Å². The molecule has 1 saturated carbocycles. The highest BCUT2D eigenvalue weighted by Crippen LogP contribution is 2.38. The fraction of sp³-hybridized carbons (Fsp3) is 0.684. The number of hydrogen-bond donors (Lipinski definition) is 1. The first-order valence-corrected chi connectivity index (χ1v) is 8.45. The summed E-state index contributed by atoms with van der Waals surface area (Å²) in [5.41, 5.74) is 10.7. The summed E-state index contributed by atoms with van der Waals surface area (Å²) in [5.74, 6) is 1.66. The summed E-state index contributed by atoms with van der Waals surface area (Å²) in [6, 6.07) is 6.82. The molecule has 1 aliphatic carbocycles. The lowest BCUT2D eigenvalue weighted by molar-refractivity contribution is 0.232. The van der Waals surface area contributed by atoms with Gasteiger partial charge in [0.2, 0.25) is 0 Å². The molecule has 0 amide bonds. The number of nitrogens with two attached hydrogens (primary N) is 1. The Labute approximate surface area is 125 Å². The fourth-order valence-electron chi connectivity index (χ4n) is 3.72. The number of rotatable bonds is 5. The zero-order valence-corrected chi connectivity index (χ0v) is 13.5. The Morgan fingerprint density at radius 1 is 1.15 bits per heavy atom. The molecule has 1 heteroatoms. The number of unbranched alkanes of at least 4 members (excludes halogenated alkanes) is 1. The van der Waals surface area contributed by atoms with Gasteiger partial charge in [0.05, 0.1) is 0 Å². The molecule has 112 valence electrons. The van der Waals surface area contributed by atoms with Crippen LogP contribution in [0.25, 0.3) is 0 Å². The van der Waals surface area contributed by atoms with Crippen LogP contribution in [0.1, 0.15) is 74.6 Å². The highest BCUT2D eigenvalue weighted by Gasteiger charge is 2.26. The van der Waals surface area contributed by atoms with Crippen molar-refractivity contribution in [2.24, 2.45) is 17.6 Å². The van der Waals surface area contributed by atoms with E-state index in [4.69, 9.17) is 5.73 Å². The molecular weight excluding hydrogens is 242 g/mol. The van der Waals surface area contributed by atoms with E-state index >= 15 is 0 Å². The van der Waals surface area contributed by atoms with Crippen LogP contribution in [0.2, 0.25) is 0 Å². The highest BCUT2D eigenvalue weighted by atomic mass is 14.7. The van der Waals surface area contributed by atoms with Crippen molar-refractivity contribution in [3.8, 4) is 0 Å². The van der Waals surface area contributed by atoms with Crippen LogP contribution in [0.15, 0.2) is 18.2 Å². The van der Waals surface area contributed by atoms with E-state index in [1.807, 2.05) is 0 Å². The smallest absolute Gasteiger partial charge is 0.0326 e. The van der Waals surface area contributed by atoms with Gasteiger partial charge in [0.1, 0.15) is 0 Å². The average Bonchev–Trinajstić information content (AvgIpc) is 2.48. The Bertz CT molecular complexity index is 416. The Hall–Kier alpha value is -0.820. The van der Waals surface area contributed by atoms with Gasteiger partial charge in [-0.1, -0.05) is 57.2 Å². The van der Waals surface area contributed by atoms with E-state index in [1.165, 1.54) is 61.6 Å². The topological polar surface area (TPSA) is 26.0 Å². The van der Waals surface area contributed by atoms with E-state index < -0.39 is 0 Å². The molecule has 1 aromatic carbocycles. The van der Waals surface area contributed by atoms with Crippen molar-refractivity contribution in [1.29, 1.82) is 0 Å². The Balaban J connectivity index is 1.94. The molecule has 1 unspecified atom stereocenters. The Morgan fingerprint density at radius 2 is 1.85 bits per heavy atom. The van der Waals surface area contributed by atoms with Gasteiger partial charge in [-0.2, -0.15) is 0 Å². The van der Waals surface area contributed by atoms with E-state index in [9.17, 15) is 0 Å². The summed E-state index contributed by atoms with van der Waals surface area (Å²) in [7, 11) is 0. The van der Waals surface area contributed by atoms with Crippen LogP contribution in [0.5, 0.6) is 0 Å². The van der Waals surface area contributed by atoms with Crippen LogP contribution < -0.4 is 5.73 Å². The summed E-state index contributed by atoms with van der Waals surface area (Å²) in [6.45, 7) is 6.70. The van der Waals surface area contributed by atoms with Crippen molar-refractivity contribution in [3.05, 3.63) is 34.9 Å². The van der Waals surface area contributed by atoms with Gasteiger partial charge in [-0.05, 0) is 55.2 Å². The molecule has 1 aliphatic rings. The van der Waals surface area contributed by atoms with E-state index in [0.717, 1.165) is 5.92 Å². The summed E-state index contributed by atoms with van der Waals surface area (Å²) < 4.78 is 0. The molecule has 20 heavy (non-hydrogen) atoms. The third-order valence-electron chi connectivity index (χ3n) is 5.37. The molecule has 1 atom stereocenters. The summed E-state index contributed by atoms with van der Waals surface area (Å²) in [6.07, 6.45) is 9.60. The largest absolute Gasteiger partial charge is 0.324 e. The zero-order valence-electron chi connectivity index (χ0n) is 13.5. The van der Waals surface area contributed by atoms with Crippen molar-refractivity contribution < 1.29 is 0 Å². The molecular formula is C19H31N. The standard InChI is InChI=1S/C19H31N/c1-4-5-8-16-10-12-17(13-11-16)19(20)18-9-6-7-14(2)15(18)3/h6-7,9,16-17,19H,4-5,8,10-13,20H2,1-3H3. The lowest BCUT2D eigenvalue weighted by atomic mass is 9.75. The van der Waals surface area contributed by atoms with Crippen molar-refractivity contribution in [2.45, 2.75) is 71.8 Å². The predicted octanol–water partition coefficient (Wildman–Crippen LogP) is 5.30. The lowest BCUT2D eigenvalue weighted by Gasteiger charge is -2.33. The van der Waals surface area contributed by atoms with E-state index in [-0.39, 0.29) is 6.04 Å². The monoisotopic (exact) mass is 273 g/mol. The van der Waals surface area contributed by atoms with Crippen molar-refractivity contribution in [2.75, 3.05) is 0 Å². The fourth-order valence-corrected chi connectivity index (χ4v) is 3.72. The van der Waals surface area contributed by atoms with Crippen LogP contribution in [-0.4, -0.2) is 0 Å². The first-order valence-electron chi connectivity index (χ1n) is 8.45. The summed E-state index contributed by atoms with van der Waals surface area (Å²) in [4.78, 5) is 0. The third kappa shape index (κ3) is 3.63. The molecule has 0 aromatic heterocycles. The molecule has 0 aliphatic heterocycles. The summed E-state index contributed by atoms with van der Waals surface area (Å²) in [5, 5.41) is 0. The van der Waals surface area contributed by atoms with Crippen molar-refractivity contribution in [3.63, 3.8) is 0 Å². The van der Waals surface area contributed by atoms with Gasteiger partial charge in [-0.3, -0.25) is 0 Å². The molecule has 0 bridgehead atoms. The van der Waals surface area contributed by atoms with Gasteiger partial charge < -0.3 is 5.73 Å². The molecule has 1 fully saturated rings. The van der Waals surface area contributed by atoms with Gasteiger partial charge in [-0.25, -0.2) is 0 Å².